The lowest BCUT2D eigenvalue weighted by Crippen LogP contribution is -2.48. The van der Waals surface area contributed by atoms with Crippen molar-refractivity contribution in [2.24, 2.45) is 23.7 Å². The summed E-state index contributed by atoms with van der Waals surface area (Å²) in [6.07, 6.45) is 8.11. The van der Waals surface area contributed by atoms with E-state index in [1.54, 1.807) is 0 Å². The highest BCUT2D eigenvalue weighted by Crippen LogP contribution is 2.49. The number of hydrogen-bond acceptors (Lipinski definition) is 2. The number of hydrogen-bond donors (Lipinski definition) is 2. The summed E-state index contributed by atoms with van der Waals surface area (Å²) in [5.74, 6) is 2.99. The molecule has 1 amide bonds. The molecule has 3 rings (SSSR count). The molecule has 1 aliphatic heterocycles. The van der Waals surface area contributed by atoms with Crippen molar-refractivity contribution in [2.45, 2.75) is 38.5 Å². The van der Waals surface area contributed by atoms with Crippen molar-refractivity contribution in [1.29, 1.82) is 0 Å². The molecular formula is C14H24N2O. The molecule has 0 aromatic heterocycles. The lowest BCUT2D eigenvalue weighted by molar-refractivity contribution is -0.123. The summed E-state index contributed by atoms with van der Waals surface area (Å²) < 4.78 is 0. The summed E-state index contributed by atoms with van der Waals surface area (Å²) in [5, 5.41) is 6.38. The van der Waals surface area contributed by atoms with E-state index in [4.69, 9.17) is 0 Å². The van der Waals surface area contributed by atoms with Crippen LogP contribution >= 0.6 is 0 Å². The zero-order chi connectivity index (χ0) is 11.7. The van der Waals surface area contributed by atoms with E-state index in [0.717, 1.165) is 31.5 Å². The molecule has 2 unspecified atom stereocenters. The van der Waals surface area contributed by atoms with Crippen molar-refractivity contribution in [1.82, 2.24) is 10.6 Å². The van der Waals surface area contributed by atoms with E-state index in [9.17, 15) is 4.79 Å². The molecule has 2 saturated carbocycles. The Morgan fingerprint density at radius 1 is 1.18 bits per heavy atom. The van der Waals surface area contributed by atoms with Gasteiger partial charge in [-0.2, -0.15) is 0 Å². The normalized spacial score (nSPS) is 34.1. The molecule has 0 aromatic rings. The van der Waals surface area contributed by atoms with Gasteiger partial charge < -0.3 is 10.6 Å². The van der Waals surface area contributed by atoms with Gasteiger partial charge >= 0.3 is 0 Å². The van der Waals surface area contributed by atoms with Crippen LogP contribution in [0.5, 0.6) is 0 Å². The summed E-state index contributed by atoms with van der Waals surface area (Å²) >= 11 is 0. The van der Waals surface area contributed by atoms with Crippen LogP contribution in [0.3, 0.4) is 0 Å². The molecule has 0 spiro atoms. The van der Waals surface area contributed by atoms with Crippen molar-refractivity contribution in [3.8, 4) is 0 Å². The summed E-state index contributed by atoms with van der Waals surface area (Å²) in [6.45, 7) is 3.05. The summed E-state index contributed by atoms with van der Waals surface area (Å²) in [6, 6.07) is 0. The van der Waals surface area contributed by atoms with Gasteiger partial charge in [-0.3, -0.25) is 4.79 Å². The van der Waals surface area contributed by atoms with Gasteiger partial charge in [0, 0.05) is 31.5 Å². The summed E-state index contributed by atoms with van der Waals surface area (Å²) in [5.41, 5.74) is 0. The van der Waals surface area contributed by atoms with Gasteiger partial charge in [-0.25, -0.2) is 0 Å². The molecule has 0 aromatic carbocycles. The van der Waals surface area contributed by atoms with E-state index >= 15 is 0 Å². The number of carbonyl (C=O) groups is 1. The largest absolute Gasteiger partial charge is 0.355 e. The molecule has 96 valence electrons. The van der Waals surface area contributed by atoms with Crippen LogP contribution in [0.2, 0.25) is 0 Å². The number of carbonyl (C=O) groups excluding carboxylic acids is 1. The second-order valence-electron chi connectivity index (χ2n) is 6.17. The minimum Gasteiger partial charge on any atom is -0.355 e. The molecule has 1 saturated heterocycles. The van der Waals surface area contributed by atoms with Crippen LogP contribution in [0.4, 0.5) is 0 Å². The van der Waals surface area contributed by atoms with Crippen LogP contribution in [0, 0.1) is 23.7 Å². The molecule has 1 heterocycles. The first-order chi connectivity index (χ1) is 8.34. The Bertz CT molecular complexity index is 282. The maximum atomic E-state index is 12.0. The van der Waals surface area contributed by atoms with E-state index < -0.39 is 0 Å². The molecular weight excluding hydrogens is 212 g/mol. The molecule has 2 aliphatic carbocycles. The first-order valence-corrected chi connectivity index (χ1v) is 7.33. The van der Waals surface area contributed by atoms with Crippen molar-refractivity contribution in [3.63, 3.8) is 0 Å². The van der Waals surface area contributed by atoms with E-state index in [2.05, 4.69) is 10.6 Å². The Balaban J connectivity index is 1.38. The molecule has 2 atom stereocenters. The van der Waals surface area contributed by atoms with Gasteiger partial charge in [0.25, 0.3) is 0 Å². The molecule has 2 N–H and O–H groups in total. The summed E-state index contributed by atoms with van der Waals surface area (Å²) in [7, 11) is 0. The fraction of sp³-hybridized carbons (Fsp3) is 0.929. The minimum absolute atomic E-state index is 0.340. The second-order valence-corrected chi connectivity index (χ2v) is 6.17. The van der Waals surface area contributed by atoms with Gasteiger partial charge in [-0.1, -0.05) is 32.1 Å². The van der Waals surface area contributed by atoms with Gasteiger partial charge in [0.05, 0.1) is 0 Å². The second kappa shape index (κ2) is 4.97. The van der Waals surface area contributed by atoms with Gasteiger partial charge in [-0.05, 0) is 18.3 Å². The van der Waals surface area contributed by atoms with E-state index in [1.807, 2.05) is 0 Å². The number of nitrogens with one attached hydrogen (secondary N) is 2. The molecule has 3 fully saturated rings. The van der Waals surface area contributed by atoms with Crippen molar-refractivity contribution in [2.75, 3.05) is 19.6 Å². The monoisotopic (exact) mass is 236 g/mol. The Morgan fingerprint density at radius 2 is 1.94 bits per heavy atom. The van der Waals surface area contributed by atoms with Gasteiger partial charge in [0.2, 0.25) is 5.91 Å². The third-order valence-electron chi connectivity index (χ3n) is 4.86. The Labute approximate surface area is 104 Å². The van der Waals surface area contributed by atoms with E-state index in [0.29, 0.717) is 17.7 Å². The highest BCUT2D eigenvalue weighted by atomic mass is 16.2. The SMILES string of the molecule is O=C(NCC1CNC1)C1CC1C1CCCCC1. The van der Waals surface area contributed by atoms with Gasteiger partial charge in [0.15, 0.2) is 0 Å². The topological polar surface area (TPSA) is 41.1 Å². The van der Waals surface area contributed by atoms with Crippen LogP contribution in [0.1, 0.15) is 38.5 Å². The maximum absolute atomic E-state index is 12.0. The third-order valence-corrected chi connectivity index (χ3v) is 4.86. The zero-order valence-electron chi connectivity index (χ0n) is 10.6. The maximum Gasteiger partial charge on any atom is 0.223 e. The van der Waals surface area contributed by atoms with Crippen molar-refractivity contribution in [3.05, 3.63) is 0 Å². The smallest absolute Gasteiger partial charge is 0.223 e. The van der Waals surface area contributed by atoms with E-state index in [-0.39, 0.29) is 0 Å². The van der Waals surface area contributed by atoms with Crippen LogP contribution in [0.15, 0.2) is 0 Å². The molecule has 3 heteroatoms. The fourth-order valence-electron chi connectivity index (χ4n) is 3.47. The van der Waals surface area contributed by atoms with Gasteiger partial charge in [0.1, 0.15) is 0 Å². The molecule has 0 bridgehead atoms. The molecule has 3 nitrogen and oxygen atoms in total. The predicted molar refractivity (Wildman–Crippen MR) is 67.5 cm³/mol. The lowest BCUT2D eigenvalue weighted by Gasteiger charge is -2.27. The summed E-state index contributed by atoms with van der Waals surface area (Å²) in [4.78, 5) is 12.0. The first-order valence-electron chi connectivity index (χ1n) is 7.33. The molecule has 3 aliphatic rings. The Hall–Kier alpha value is -0.570. The van der Waals surface area contributed by atoms with E-state index in [1.165, 1.54) is 38.5 Å². The average molecular weight is 236 g/mol. The minimum atomic E-state index is 0.340. The fourth-order valence-corrected chi connectivity index (χ4v) is 3.47. The highest BCUT2D eigenvalue weighted by molar-refractivity contribution is 5.81. The van der Waals surface area contributed by atoms with Crippen LogP contribution in [-0.4, -0.2) is 25.5 Å². The zero-order valence-corrected chi connectivity index (χ0v) is 10.6. The Kier molecular flexibility index (Phi) is 3.37. The lowest BCUT2D eigenvalue weighted by atomic mass is 9.85. The van der Waals surface area contributed by atoms with Gasteiger partial charge in [-0.15, -0.1) is 0 Å². The van der Waals surface area contributed by atoms with Crippen molar-refractivity contribution < 1.29 is 4.79 Å². The Morgan fingerprint density at radius 3 is 2.59 bits per heavy atom. The standard InChI is InChI=1S/C14H24N2O/c17-14(16-9-10-7-15-8-10)13-6-12(13)11-4-2-1-3-5-11/h10-13,15H,1-9H2,(H,16,17). The van der Waals surface area contributed by atoms with Crippen molar-refractivity contribution >= 4 is 5.91 Å². The number of rotatable bonds is 4. The average Bonchev–Trinajstić information content (AvgIpc) is 3.08. The van der Waals surface area contributed by atoms with Crippen LogP contribution in [-0.2, 0) is 4.79 Å². The van der Waals surface area contributed by atoms with Crippen LogP contribution < -0.4 is 10.6 Å². The molecule has 0 radical (unpaired) electrons. The van der Waals surface area contributed by atoms with Crippen LogP contribution in [0.25, 0.3) is 0 Å². The third kappa shape index (κ3) is 2.65. The number of amides is 1. The predicted octanol–water partition coefficient (Wildman–Crippen LogP) is 1.54. The first kappa shape index (κ1) is 11.5. The highest BCUT2D eigenvalue weighted by Gasteiger charge is 2.47. The molecule has 17 heavy (non-hydrogen) atoms. The quantitative estimate of drug-likeness (QED) is 0.777.